The lowest BCUT2D eigenvalue weighted by Crippen LogP contribution is -2.38. The number of Topliss-reactive ketones (excluding diaryl/α,β-unsaturated/α-hetero) is 1. The van der Waals surface area contributed by atoms with Crippen LogP contribution in [0.15, 0.2) is 42.5 Å². The number of nitro benzene ring substituents is 1. The highest BCUT2D eigenvalue weighted by molar-refractivity contribution is 7.22. The van der Waals surface area contributed by atoms with Crippen molar-refractivity contribution in [2.45, 2.75) is 39.3 Å². The predicted octanol–water partition coefficient (Wildman–Crippen LogP) is 5.56. The summed E-state index contributed by atoms with van der Waals surface area (Å²) in [6.07, 6.45) is 0. The quantitative estimate of drug-likeness (QED) is 0.206. The first-order chi connectivity index (χ1) is 14.9. The minimum atomic E-state index is -1.19. The second-order valence-corrected chi connectivity index (χ2v) is 9.69. The number of nitrogens with one attached hydrogen (secondary N) is 1. The van der Waals surface area contributed by atoms with E-state index in [1.54, 1.807) is 39.0 Å². The Morgan fingerprint density at radius 3 is 2.41 bits per heavy atom. The largest absolute Gasteiger partial charge is 0.459 e. The minimum Gasteiger partial charge on any atom is -0.459 e. The fourth-order valence-electron chi connectivity index (χ4n) is 3.16. The van der Waals surface area contributed by atoms with Crippen LogP contribution in [0.1, 0.15) is 39.3 Å². The Morgan fingerprint density at radius 2 is 1.84 bits per heavy atom. The topological polar surface area (TPSA) is 111 Å². The third-order valence-electron chi connectivity index (χ3n) is 4.52. The number of nitrogens with zero attached hydrogens (tertiary/aromatic N) is 2. The van der Waals surface area contributed by atoms with Crippen LogP contribution in [0.5, 0.6) is 0 Å². The highest BCUT2D eigenvalue weighted by atomic mass is 35.5. The molecule has 2 atom stereocenters. The van der Waals surface area contributed by atoms with Crippen molar-refractivity contribution in [3.8, 4) is 0 Å². The average molecular weight is 476 g/mol. The van der Waals surface area contributed by atoms with Crippen LogP contribution in [0, 0.1) is 16.0 Å². The number of hydrogen-bond acceptors (Lipinski definition) is 8. The Balaban J connectivity index is 2.04. The van der Waals surface area contributed by atoms with Gasteiger partial charge in [0.05, 0.1) is 21.2 Å². The first-order valence-electron chi connectivity index (χ1n) is 9.75. The summed E-state index contributed by atoms with van der Waals surface area (Å²) in [5.74, 6) is -2.28. The molecule has 0 aliphatic heterocycles. The maximum Gasteiger partial charge on any atom is 0.319 e. The van der Waals surface area contributed by atoms with Gasteiger partial charge in [0.2, 0.25) is 0 Å². The Hall–Kier alpha value is -3.04. The summed E-state index contributed by atoms with van der Waals surface area (Å²) < 4.78 is 6.33. The van der Waals surface area contributed by atoms with E-state index in [1.165, 1.54) is 42.5 Å². The number of halogens is 1. The van der Waals surface area contributed by atoms with Gasteiger partial charge < -0.3 is 10.1 Å². The van der Waals surface area contributed by atoms with Crippen molar-refractivity contribution in [2.75, 3.05) is 5.32 Å². The maximum absolute atomic E-state index is 13.0. The lowest BCUT2D eigenvalue weighted by atomic mass is 9.89. The molecule has 2 aromatic carbocycles. The van der Waals surface area contributed by atoms with Crippen molar-refractivity contribution in [2.24, 2.45) is 5.92 Å². The van der Waals surface area contributed by atoms with Gasteiger partial charge in [-0.2, -0.15) is 0 Å². The number of ether oxygens (including phenoxy) is 1. The molecule has 0 aliphatic carbocycles. The lowest BCUT2D eigenvalue weighted by molar-refractivity contribution is -0.384. The van der Waals surface area contributed by atoms with Crippen molar-refractivity contribution in [3.05, 3.63) is 63.2 Å². The fourth-order valence-corrected chi connectivity index (χ4v) is 4.34. The second-order valence-electron chi connectivity index (χ2n) is 8.22. The fraction of sp³-hybridized carbons (Fsp3) is 0.318. The molecule has 10 heteroatoms. The van der Waals surface area contributed by atoms with Gasteiger partial charge in [-0.05, 0) is 51.5 Å². The maximum atomic E-state index is 13.0. The van der Waals surface area contributed by atoms with E-state index in [4.69, 9.17) is 16.3 Å². The molecule has 0 saturated carbocycles. The standard InChI is InChI=1S/C22H22ClN3O5S/c1-12(27)18(20(28)31-22(2,3)4)19(13-5-8-15(9-6-13)26(29)30)25-21-24-16-10-7-14(23)11-17(16)32-21/h5-11,18-19H,1-4H3,(H,24,25). The van der Waals surface area contributed by atoms with E-state index in [1.807, 2.05) is 0 Å². The summed E-state index contributed by atoms with van der Waals surface area (Å²) in [7, 11) is 0. The molecule has 0 amide bonds. The van der Waals surface area contributed by atoms with Gasteiger partial charge in [0, 0.05) is 17.2 Å². The highest BCUT2D eigenvalue weighted by Gasteiger charge is 2.37. The van der Waals surface area contributed by atoms with Crippen LogP contribution in [0.25, 0.3) is 10.2 Å². The number of aromatic nitrogens is 1. The van der Waals surface area contributed by atoms with Gasteiger partial charge in [-0.3, -0.25) is 19.7 Å². The Bertz CT molecular complexity index is 1170. The van der Waals surface area contributed by atoms with Gasteiger partial charge in [-0.15, -0.1) is 0 Å². The number of benzene rings is 2. The molecule has 168 valence electrons. The second kappa shape index (κ2) is 9.22. The van der Waals surface area contributed by atoms with E-state index >= 15 is 0 Å². The predicted molar refractivity (Wildman–Crippen MR) is 124 cm³/mol. The van der Waals surface area contributed by atoms with Crippen LogP contribution >= 0.6 is 22.9 Å². The summed E-state index contributed by atoms with van der Waals surface area (Å²) in [5.41, 5.74) is 0.330. The smallest absolute Gasteiger partial charge is 0.319 e. The van der Waals surface area contributed by atoms with E-state index in [-0.39, 0.29) is 5.69 Å². The van der Waals surface area contributed by atoms with Crippen LogP contribution in [0.2, 0.25) is 5.02 Å². The zero-order valence-electron chi connectivity index (χ0n) is 17.9. The van der Waals surface area contributed by atoms with E-state index in [2.05, 4.69) is 10.3 Å². The number of nitro groups is 1. The number of hydrogen-bond donors (Lipinski definition) is 1. The van der Waals surface area contributed by atoms with E-state index in [0.717, 1.165) is 4.70 Å². The molecule has 3 rings (SSSR count). The molecule has 0 saturated heterocycles. The number of fused-ring (bicyclic) bond motifs is 1. The van der Waals surface area contributed by atoms with Crippen LogP contribution in [0.3, 0.4) is 0 Å². The van der Waals surface area contributed by atoms with Crippen LogP contribution in [-0.4, -0.2) is 27.3 Å². The molecule has 1 heterocycles. The van der Waals surface area contributed by atoms with Crippen LogP contribution < -0.4 is 5.32 Å². The number of esters is 1. The zero-order valence-corrected chi connectivity index (χ0v) is 19.5. The van der Waals surface area contributed by atoms with Gasteiger partial charge in [0.25, 0.3) is 5.69 Å². The third kappa shape index (κ3) is 5.60. The van der Waals surface area contributed by atoms with Crippen molar-refractivity contribution >= 4 is 55.7 Å². The lowest BCUT2D eigenvalue weighted by Gasteiger charge is -2.28. The molecule has 0 bridgehead atoms. The summed E-state index contributed by atoms with van der Waals surface area (Å²) in [6.45, 7) is 6.46. The molecule has 0 aliphatic rings. The number of carbonyl (C=O) groups is 2. The van der Waals surface area contributed by atoms with Gasteiger partial charge in [0.1, 0.15) is 17.3 Å². The van der Waals surface area contributed by atoms with Gasteiger partial charge in [-0.25, -0.2) is 4.98 Å². The molecule has 0 spiro atoms. The molecule has 32 heavy (non-hydrogen) atoms. The first kappa shape index (κ1) is 23.6. The number of carbonyl (C=O) groups excluding carboxylic acids is 2. The molecule has 2 unspecified atom stereocenters. The average Bonchev–Trinajstić information content (AvgIpc) is 3.07. The number of anilines is 1. The van der Waals surface area contributed by atoms with Crippen molar-refractivity contribution in [1.29, 1.82) is 0 Å². The molecular weight excluding hydrogens is 454 g/mol. The Labute approximate surface area is 193 Å². The number of ketones is 1. The molecule has 3 aromatic rings. The van der Waals surface area contributed by atoms with Crippen molar-refractivity contribution < 1.29 is 19.2 Å². The molecule has 1 aromatic heterocycles. The van der Waals surface area contributed by atoms with E-state index in [0.29, 0.717) is 21.2 Å². The third-order valence-corrected chi connectivity index (χ3v) is 5.71. The zero-order chi connectivity index (χ0) is 23.6. The number of non-ortho nitro benzene ring substituents is 1. The SMILES string of the molecule is CC(=O)C(C(=O)OC(C)(C)C)C(Nc1nc2ccc(Cl)cc2s1)c1ccc([N+](=O)[O-])cc1. The minimum absolute atomic E-state index is 0.0984. The Kier molecular flexibility index (Phi) is 6.80. The van der Waals surface area contributed by atoms with Crippen LogP contribution in [-0.2, 0) is 14.3 Å². The highest BCUT2D eigenvalue weighted by Crippen LogP contribution is 2.35. The van der Waals surface area contributed by atoms with Crippen molar-refractivity contribution in [1.82, 2.24) is 4.98 Å². The molecule has 1 N–H and O–H groups in total. The summed E-state index contributed by atoms with van der Waals surface area (Å²) >= 11 is 7.38. The number of rotatable bonds is 7. The van der Waals surface area contributed by atoms with Gasteiger partial charge in [-0.1, -0.05) is 35.1 Å². The monoisotopic (exact) mass is 475 g/mol. The number of thiazole rings is 1. The van der Waals surface area contributed by atoms with Gasteiger partial charge in [0.15, 0.2) is 5.13 Å². The molecule has 0 radical (unpaired) electrons. The summed E-state index contributed by atoms with van der Waals surface area (Å²) in [4.78, 5) is 40.6. The van der Waals surface area contributed by atoms with E-state index < -0.39 is 34.2 Å². The normalized spacial score (nSPS) is 13.4. The first-order valence-corrected chi connectivity index (χ1v) is 10.9. The molecule has 8 nitrogen and oxygen atoms in total. The summed E-state index contributed by atoms with van der Waals surface area (Å²) in [5, 5.41) is 15.3. The molecule has 0 fully saturated rings. The van der Waals surface area contributed by atoms with Gasteiger partial charge >= 0.3 is 5.97 Å². The van der Waals surface area contributed by atoms with Crippen molar-refractivity contribution in [3.63, 3.8) is 0 Å². The summed E-state index contributed by atoms with van der Waals surface area (Å²) in [6, 6.07) is 10.1. The van der Waals surface area contributed by atoms with Crippen LogP contribution in [0.4, 0.5) is 10.8 Å². The van der Waals surface area contributed by atoms with E-state index in [9.17, 15) is 19.7 Å². The molecular formula is C22H22ClN3O5S. The Morgan fingerprint density at radius 1 is 1.19 bits per heavy atom.